The molecular weight excluding hydrogens is 534 g/mol. The molecule has 1 aliphatic carbocycles. The first-order chi connectivity index (χ1) is 18.1. The first kappa shape index (κ1) is 27.1. The highest BCUT2D eigenvalue weighted by atomic mass is 32.2. The predicted octanol–water partition coefficient (Wildman–Crippen LogP) is 2.51. The average Bonchev–Trinajstić information content (AvgIpc) is 3.33. The number of hydrogen-bond acceptors (Lipinski definition) is 12. The van der Waals surface area contributed by atoms with Crippen molar-refractivity contribution >= 4 is 47.5 Å². The smallest absolute Gasteiger partial charge is 0.431 e. The number of nitrogen functional groups attached to an aromatic ring is 1. The molecule has 0 aromatic carbocycles. The zero-order valence-corrected chi connectivity index (χ0v) is 23.2. The lowest BCUT2D eigenvalue weighted by Gasteiger charge is -2.46. The van der Waals surface area contributed by atoms with Gasteiger partial charge in [-0.25, -0.2) is 14.3 Å². The molecule has 4 heterocycles. The molecule has 1 amide bonds. The van der Waals surface area contributed by atoms with Crippen molar-refractivity contribution in [3.8, 4) is 0 Å². The number of aliphatic hydroxyl groups excluding tert-OH is 1. The Balaban J connectivity index is 1.30. The van der Waals surface area contributed by atoms with Crippen LogP contribution in [0.1, 0.15) is 52.9 Å². The molecule has 5 rings (SSSR count). The molecule has 0 spiro atoms. The lowest BCUT2D eigenvalue weighted by atomic mass is 9.79. The number of ether oxygens (including phenoxy) is 3. The number of amides is 1. The minimum absolute atomic E-state index is 0.0341. The second-order valence-corrected chi connectivity index (χ2v) is 12.5. The summed E-state index contributed by atoms with van der Waals surface area (Å²) in [5.41, 5.74) is 5.88. The summed E-state index contributed by atoms with van der Waals surface area (Å²) >= 11 is 3.02. The van der Waals surface area contributed by atoms with E-state index in [-0.39, 0.29) is 40.9 Å². The fraction of sp³-hybridized carbons (Fsp3) is 0.708. The van der Waals surface area contributed by atoms with Crippen molar-refractivity contribution < 1.29 is 33.7 Å². The van der Waals surface area contributed by atoms with Crippen molar-refractivity contribution in [2.45, 2.75) is 94.4 Å². The average molecular weight is 568 g/mol. The molecule has 0 bridgehead atoms. The number of esters is 1. The maximum Gasteiger partial charge on any atom is 0.511 e. The van der Waals surface area contributed by atoms with Crippen LogP contribution in [0.25, 0.3) is 0 Å². The Hall–Kier alpha value is -2.45. The van der Waals surface area contributed by atoms with Gasteiger partial charge in [0.25, 0.3) is 0 Å². The summed E-state index contributed by atoms with van der Waals surface area (Å²) < 4.78 is 17.8. The molecule has 1 saturated carbocycles. The van der Waals surface area contributed by atoms with Crippen molar-refractivity contribution in [3.63, 3.8) is 0 Å². The van der Waals surface area contributed by atoms with E-state index in [2.05, 4.69) is 10.1 Å². The third-order valence-electron chi connectivity index (χ3n) is 7.37. The number of hydrogen-bond donors (Lipinski definition) is 2. The van der Waals surface area contributed by atoms with Crippen LogP contribution in [0.3, 0.4) is 0 Å². The number of fused-ring (bicyclic) bond motifs is 2. The van der Waals surface area contributed by atoms with Crippen LogP contribution >= 0.6 is 23.5 Å². The van der Waals surface area contributed by atoms with E-state index >= 15 is 0 Å². The topological polar surface area (TPSA) is 159 Å². The summed E-state index contributed by atoms with van der Waals surface area (Å²) in [6, 6.07) is -0.353. The molecule has 4 aliphatic rings. The highest BCUT2D eigenvalue weighted by Gasteiger charge is 2.60. The molecule has 6 atom stereocenters. The van der Waals surface area contributed by atoms with Crippen LogP contribution in [-0.4, -0.2) is 78.3 Å². The summed E-state index contributed by atoms with van der Waals surface area (Å²) in [7, 11) is 0. The van der Waals surface area contributed by atoms with Gasteiger partial charge in [0, 0.05) is 28.7 Å². The molecule has 1 aromatic heterocycles. The highest BCUT2D eigenvalue weighted by molar-refractivity contribution is 8.05. The summed E-state index contributed by atoms with van der Waals surface area (Å²) in [5, 5.41) is 15.2. The molecular formula is C24H33N5O7S2. The van der Waals surface area contributed by atoms with Gasteiger partial charge >= 0.3 is 12.1 Å². The molecule has 1 saturated heterocycles. The van der Waals surface area contributed by atoms with E-state index in [0.29, 0.717) is 17.2 Å². The van der Waals surface area contributed by atoms with Crippen LogP contribution < -0.4 is 5.73 Å². The number of β-lactam (4-membered cyclic amide) rings is 1. The largest absolute Gasteiger partial charge is 0.511 e. The Morgan fingerprint density at radius 1 is 1.21 bits per heavy atom. The number of carbonyl (C=O) groups excluding carboxylic acids is 3. The summed E-state index contributed by atoms with van der Waals surface area (Å²) in [5.74, 6) is -0.958. The number of rotatable bonds is 7. The number of nitrogens with zero attached hydrogens (tertiary/aromatic N) is 4. The van der Waals surface area contributed by atoms with Crippen LogP contribution in [0.15, 0.2) is 15.8 Å². The lowest BCUT2D eigenvalue weighted by Crippen LogP contribution is -2.63. The minimum Gasteiger partial charge on any atom is -0.431 e. The molecule has 3 aliphatic heterocycles. The van der Waals surface area contributed by atoms with Crippen molar-refractivity contribution in [2.75, 3.05) is 11.5 Å². The summed E-state index contributed by atoms with van der Waals surface area (Å²) in [6.45, 7) is 5.51. The van der Waals surface area contributed by atoms with Crippen molar-refractivity contribution in [1.82, 2.24) is 19.7 Å². The summed E-state index contributed by atoms with van der Waals surface area (Å²) in [6.07, 6.45) is 1.58. The van der Waals surface area contributed by atoms with Crippen LogP contribution in [0.5, 0.6) is 0 Å². The van der Waals surface area contributed by atoms with Gasteiger partial charge in [0.05, 0.1) is 24.6 Å². The summed E-state index contributed by atoms with van der Waals surface area (Å²) in [4.78, 5) is 45.0. The van der Waals surface area contributed by atoms with E-state index in [1.54, 1.807) is 11.6 Å². The number of thioether (sulfide) groups is 2. The lowest BCUT2D eigenvalue weighted by molar-refractivity contribution is -0.174. The van der Waals surface area contributed by atoms with E-state index in [9.17, 15) is 19.5 Å². The zero-order valence-electron chi connectivity index (χ0n) is 21.6. The van der Waals surface area contributed by atoms with Crippen LogP contribution in [-0.2, 0) is 30.3 Å². The monoisotopic (exact) mass is 567 g/mol. The van der Waals surface area contributed by atoms with Gasteiger partial charge < -0.3 is 30.0 Å². The SMILES string of the molecule is CC(OC(=O)OC1CCCCC1)OC(=O)C1=C(SC2CSc3nc(N)nn3C2)[C@H](C)[C@@H]2[C@@H]([C@@H](C)O)C(=O)N12. The van der Waals surface area contributed by atoms with Gasteiger partial charge in [0.15, 0.2) is 5.16 Å². The van der Waals surface area contributed by atoms with E-state index in [1.807, 2.05) is 6.92 Å². The van der Waals surface area contributed by atoms with Gasteiger partial charge in [-0.3, -0.25) is 4.79 Å². The van der Waals surface area contributed by atoms with Gasteiger partial charge in [0.2, 0.25) is 18.1 Å². The number of aliphatic hydroxyl groups is 1. The third kappa shape index (κ3) is 5.22. The fourth-order valence-electron chi connectivity index (χ4n) is 5.62. The van der Waals surface area contributed by atoms with Crippen LogP contribution in [0.4, 0.5) is 10.7 Å². The normalized spacial score (nSPS) is 28.7. The first-order valence-corrected chi connectivity index (χ1v) is 14.8. The molecule has 0 radical (unpaired) electrons. The molecule has 14 heteroatoms. The number of aromatic nitrogens is 3. The van der Waals surface area contributed by atoms with E-state index in [4.69, 9.17) is 19.9 Å². The Morgan fingerprint density at radius 3 is 2.66 bits per heavy atom. The van der Waals surface area contributed by atoms with Gasteiger partial charge in [-0.1, -0.05) is 25.1 Å². The zero-order chi connectivity index (χ0) is 27.1. The Kier molecular flexibility index (Phi) is 7.83. The molecule has 1 aromatic rings. The maximum atomic E-state index is 13.4. The quantitative estimate of drug-likeness (QED) is 0.282. The van der Waals surface area contributed by atoms with Gasteiger partial charge in [-0.2, -0.15) is 4.98 Å². The molecule has 2 fully saturated rings. The van der Waals surface area contributed by atoms with E-state index in [1.165, 1.54) is 35.3 Å². The highest BCUT2D eigenvalue weighted by Crippen LogP contribution is 2.52. The minimum atomic E-state index is -1.21. The fourth-order valence-corrected chi connectivity index (χ4v) is 8.18. The first-order valence-electron chi connectivity index (χ1n) is 13.0. The third-order valence-corrected chi connectivity index (χ3v) is 10.2. The molecule has 12 nitrogen and oxygen atoms in total. The predicted molar refractivity (Wildman–Crippen MR) is 139 cm³/mol. The Bertz CT molecular complexity index is 1140. The number of carbonyl (C=O) groups is 3. The Morgan fingerprint density at radius 2 is 1.95 bits per heavy atom. The second-order valence-electron chi connectivity index (χ2n) is 10.2. The van der Waals surface area contributed by atoms with Gasteiger partial charge in [-0.15, -0.1) is 16.9 Å². The van der Waals surface area contributed by atoms with E-state index < -0.39 is 30.4 Å². The number of nitrogens with two attached hydrogens (primary N) is 1. The van der Waals surface area contributed by atoms with E-state index in [0.717, 1.165) is 37.3 Å². The molecule has 208 valence electrons. The van der Waals surface area contributed by atoms with Crippen LogP contribution in [0.2, 0.25) is 0 Å². The molecule has 3 N–H and O–H groups in total. The molecule has 2 unspecified atom stereocenters. The van der Waals surface area contributed by atoms with Gasteiger partial charge in [0.1, 0.15) is 11.8 Å². The van der Waals surface area contributed by atoms with Gasteiger partial charge in [-0.05, 0) is 32.6 Å². The van der Waals surface area contributed by atoms with Crippen molar-refractivity contribution in [3.05, 3.63) is 10.6 Å². The number of anilines is 1. The van der Waals surface area contributed by atoms with Crippen molar-refractivity contribution in [1.29, 1.82) is 0 Å². The Labute approximate surface area is 229 Å². The second kappa shape index (κ2) is 11.0. The molecule has 38 heavy (non-hydrogen) atoms. The van der Waals surface area contributed by atoms with Crippen molar-refractivity contribution in [2.24, 2.45) is 11.8 Å². The van der Waals surface area contributed by atoms with Crippen LogP contribution in [0, 0.1) is 11.8 Å². The standard InChI is InChI=1S/C24H33N5O7S2/c1-11-17-16(12(2)30)20(31)29(17)18(19(11)38-15-9-28-23(37-10-15)26-22(25)27-28)21(32)34-13(3)35-24(33)36-14-7-5-4-6-8-14/h11-17,30H,4-10H2,1-3H3,(H2,25,27)/t11-,12-,13?,15?,16-,17-/m1/s1. The maximum absolute atomic E-state index is 13.4.